The van der Waals surface area contributed by atoms with Crippen LogP contribution in [0.25, 0.3) is 0 Å². The first kappa shape index (κ1) is 16.7. The number of hydrogen-bond acceptors (Lipinski definition) is 4. The zero-order valence-electron chi connectivity index (χ0n) is 13.9. The molecule has 1 heterocycles. The molecule has 0 aromatic carbocycles. The van der Waals surface area contributed by atoms with E-state index >= 15 is 0 Å². The van der Waals surface area contributed by atoms with Crippen molar-refractivity contribution in [2.75, 3.05) is 30.4 Å². The molecule has 1 atom stereocenters. The average molecular weight is 278 g/mol. The Morgan fingerprint density at radius 1 is 1.20 bits per heavy atom. The molecular weight excluding hydrogens is 248 g/mol. The molecule has 1 aromatic heterocycles. The molecule has 4 heteroatoms. The number of nitrogens with zero attached hydrogens (tertiary/aromatic N) is 3. The summed E-state index contributed by atoms with van der Waals surface area (Å²) in [5, 5.41) is 3.43. The van der Waals surface area contributed by atoms with E-state index in [9.17, 15) is 0 Å². The van der Waals surface area contributed by atoms with E-state index < -0.39 is 0 Å². The minimum Gasteiger partial charge on any atom is -0.370 e. The summed E-state index contributed by atoms with van der Waals surface area (Å²) in [6.45, 7) is 13.1. The van der Waals surface area contributed by atoms with Gasteiger partial charge >= 0.3 is 0 Å². The molecule has 0 bridgehead atoms. The van der Waals surface area contributed by atoms with Crippen molar-refractivity contribution >= 4 is 11.6 Å². The maximum atomic E-state index is 4.53. The summed E-state index contributed by atoms with van der Waals surface area (Å²) in [6, 6.07) is 0. The van der Waals surface area contributed by atoms with Gasteiger partial charge in [-0.05, 0) is 18.3 Å². The van der Waals surface area contributed by atoms with Crippen molar-refractivity contribution in [2.24, 2.45) is 5.92 Å². The number of anilines is 2. The molecule has 0 fully saturated rings. The lowest BCUT2D eigenvalue weighted by atomic mass is 10.0. The van der Waals surface area contributed by atoms with Crippen molar-refractivity contribution in [1.29, 1.82) is 0 Å². The largest absolute Gasteiger partial charge is 0.370 e. The summed E-state index contributed by atoms with van der Waals surface area (Å²) in [5.41, 5.74) is 1.23. The third kappa shape index (κ3) is 4.36. The molecule has 1 N–H and O–H groups in total. The van der Waals surface area contributed by atoms with Crippen LogP contribution in [0.15, 0.2) is 6.33 Å². The lowest BCUT2D eigenvalue weighted by Crippen LogP contribution is -2.26. The zero-order chi connectivity index (χ0) is 15.1. The van der Waals surface area contributed by atoms with Crippen molar-refractivity contribution in [3.05, 3.63) is 11.9 Å². The Bertz CT molecular complexity index is 403. The fourth-order valence-corrected chi connectivity index (χ4v) is 2.29. The molecule has 0 saturated heterocycles. The normalized spacial score (nSPS) is 12.6. The maximum absolute atomic E-state index is 4.53. The van der Waals surface area contributed by atoms with Crippen LogP contribution in [0, 0.1) is 5.92 Å². The standard InChI is InChI=1S/C16H30N4/c1-7-9-17-15-14(12(3)4)16(19-11-18-15)20(6)10-13(5)8-2/h11-13H,7-10H2,1-6H3,(H,17,18,19). The molecule has 0 spiro atoms. The summed E-state index contributed by atoms with van der Waals surface area (Å²) in [6.07, 6.45) is 3.96. The summed E-state index contributed by atoms with van der Waals surface area (Å²) in [7, 11) is 2.13. The molecule has 114 valence electrons. The maximum Gasteiger partial charge on any atom is 0.137 e. The fraction of sp³-hybridized carbons (Fsp3) is 0.750. The summed E-state index contributed by atoms with van der Waals surface area (Å²) < 4.78 is 0. The minimum absolute atomic E-state index is 0.407. The lowest BCUT2D eigenvalue weighted by Gasteiger charge is -2.26. The van der Waals surface area contributed by atoms with Crippen molar-refractivity contribution in [2.45, 2.75) is 53.4 Å². The summed E-state index contributed by atoms with van der Waals surface area (Å²) in [4.78, 5) is 11.2. The van der Waals surface area contributed by atoms with Crippen LogP contribution in [-0.4, -0.2) is 30.1 Å². The Kier molecular flexibility index (Phi) is 6.76. The van der Waals surface area contributed by atoms with Crippen molar-refractivity contribution in [3.8, 4) is 0 Å². The van der Waals surface area contributed by atoms with Crippen molar-refractivity contribution in [1.82, 2.24) is 9.97 Å². The monoisotopic (exact) mass is 278 g/mol. The first-order valence-electron chi connectivity index (χ1n) is 7.81. The van der Waals surface area contributed by atoms with E-state index in [0.717, 1.165) is 31.1 Å². The van der Waals surface area contributed by atoms with Gasteiger partial charge in [0, 0.05) is 25.7 Å². The first-order valence-corrected chi connectivity index (χ1v) is 7.81. The van der Waals surface area contributed by atoms with Gasteiger partial charge in [0.2, 0.25) is 0 Å². The van der Waals surface area contributed by atoms with Crippen LogP contribution in [0.4, 0.5) is 11.6 Å². The molecule has 0 amide bonds. The van der Waals surface area contributed by atoms with Crippen LogP contribution in [-0.2, 0) is 0 Å². The molecule has 0 aliphatic heterocycles. The molecular formula is C16H30N4. The highest BCUT2D eigenvalue weighted by Crippen LogP contribution is 2.30. The average Bonchev–Trinajstić information content (AvgIpc) is 2.44. The van der Waals surface area contributed by atoms with Crippen LogP contribution in [0.3, 0.4) is 0 Å². The van der Waals surface area contributed by atoms with Crippen LogP contribution in [0.5, 0.6) is 0 Å². The zero-order valence-corrected chi connectivity index (χ0v) is 13.9. The van der Waals surface area contributed by atoms with E-state index in [0.29, 0.717) is 11.8 Å². The van der Waals surface area contributed by atoms with Crippen LogP contribution in [0.1, 0.15) is 58.9 Å². The van der Waals surface area contributed by atoms with Gasteiger partial charge in [-0.3, -0.25) is 0 Å². The Balaban J connectivity index is 3.05. The van der Waals surface area contributed by atoms with Crippen LogP contribution >= 0.6 is 0 Å². The molecule has 0 saturated carbocycles. The van der Waals surface area contributed by atoms with Gasteiger partial charge in [0.1, 0.15) is 18.0 Å². The van der Waals surface area contributed by atoms with Gasteiger partial charge in [-0.15, -0.1) is 0 Å². The van der Waals surface area contributed by atoms with Crippen LogP contribution in [0.2, 0.25) is 0 Å². The van der Waals surface area contributed by atoms with E-state index in [4.69, 9.17) is 0 Å². The van der Waals surface area contributed by atoms with Crippen LogP contribution < -0.4 is 10.2 Å². The third-order valence-corrected chi connectivity index (χ3v) is 3.63. The quantitative estimate of drug-likeness (QED) is 0.783. The summed E-state index contributed by atoms with van der Waals surface area (Å²) >= 11 is 0. The van der Waals surface area contributed by atoms with E-state index in [2.05, 4.69) is 61.9 Å². The predicted molar refractivity (Wildman–Crippen MR) is 87.6 cm³/mol. The third-order valence-electron chi connectivity index (χ3n) is 3.63. The van der Waals surface area contributed by atoms with E-state index in [1.54, 1.807) is 6.33 Å². The van der Waals surface area contributed by atoms with Gasteiger partial charge in [0.15, 0.2) is 0 Å². The van der Waals surface area contributed by atoms with E-state index in [1.807, 2.05) is 0 Å². The molecule has 20 heavy (non-hydrogen) atoms. The second kappa shape index (κ2) is 8.08. The van der Waals surface area contributed by atoms with Gasteiger partial charge < -0.3 is 10.2 Å². The van der Waals surface area contributed by atoms with Gasteiger partial charge in [-0.25, -0.2) is 9.97 Å². The molecule has 0 aliphatic carbocycles. The first-order chi connectivity index (χ1) is 9.51. The highest BCUT2D eigenvalue weighted by Gasteiger charge is 2.18. The Labute approximate surface area is 124 Å². The lowest BCUT2D eigenvalue weighted by molar-refractivity contribution is 0.556. The molecule has 0 aliphatic rings. The molecule has 0 radical (unpaired) electrons. The van der Waals surface area contributed by atoms with Gasteiger partial charge in [-0.1, -0.05) is 41.0 Å². The Hall–Kier alpha value is -1.32. The Morgan fingerprint density at radius 2 is 1.90 bits per heavy atom. The SMILES string of the molecule is CCCNc1ncnc(N(C)CC(C)CC)c1C(C)C. The second-order valence-electron chi connectivity index (χ2n) is 5.93. The topological polar surface area (TPSA) is 41.1 Å². The molecule has 1 rings (SSSR count). The van der Waals surface area contributed by atoms with E-state index in [1.165, 1.54) is 12.0 Å². The highest BCUT2D eigenvalue weighted by molar-refractivity contribution is 5.60. The fourth-order valence-electron chi connectivity index (χ4n) is 2.29. The molecule has 1 unspecified atom stereocenters. The number of nitrogens with one attached hydrogen (secondary N) is 1. The number of hydrogen-bond donors (Lipinski definition) is 1. The van der Waals surface area contributed by atoms with Gasteiger partial charge in [0.25, 0.3) is 0 Å². The van der Waals surface area contributed by atoms with Gasteiger partial charge in [0.05, 0.1) is 0 Å². The highest BCUT2D eigenvalue weighted by atomic mass is 15.2. The van der Waals surface area contributed by atoms with E-state index in [-0.39, 0.29) is 0 Å². The minimum atomic E-state index is 0.407. The predicted octanol–water partition coefficient (Wildman–Crippen LogP) is 3.90. The smallest absolute Gasteiger partial charge is 0.137 e. The second-order valence-corrected chi connectivity index (χ2v) is 5.93. The van der Waals surface area contributed by atoms with Gasteiger partial charge in [-0.2, -0.15) is 0 Å². The van der Waals surface area contributed by atoms with Crippen molar-refractivity contribution in [3.63, 3.8) is 0 Å². The molecule has 4 nitrogen and oxygen atoms in total. The number of aromatic nitrogens is 2. The number of rotatable bonds is 8. The Morgan fingerprint density at radius 3 is 2.45 bits per heavy atom. The van der Waals surface area contributed by atoms with Crippen molar-refractivity contribution < 1.29 is 0 Å². The summed E-state index contributed by atoms with van der Waals surface area (Å²) in [5.74, 6) is 3.13. The molecule has 1 aromatic rings.